The number of benzene rings is 2. The van der Waals surface area contributed by atoms with E-state index in [0.717, 1.165) is 18.7 Å². The summed E-state index contributed by atoms with van der Waals surface area (Å²) in [6.07, 6.45) is 1.98. The zero-order valence-electron chi connectivity index (χ0n) is 24.0. The molecule has 224 valence electrons. The molecule has 2 amide bonds. The summed E-state index contributed by atoms with van der Waals surface area (Å²) < 4.78 is 40.3. The van der Waals surface area contributed by atoms with Crippen molar-refractivity contribution in [2.45, 2.75) is 45.2 Å². The highest BCUT2D eigenvalue weighted by atomic mass is 32.2. The van der Waals surface area contributed by atoms with Gasteiger partial charge in [0.15, 0.2) is 5.75 Å². The Morgan fingerprint density at radius 3 is 2.43 bits per heavy atom. The zero-order valence-corrected chi connectivity index (χ0v) is 24.9. The molecule has 0 atom stereocenters. The molecule has 0 aliphatic carbocycles. The van der Waals surface area contributed by atoms with Gasteiger partial charge in [0.25, 0.3) is 11.8 Å². The third-order valence-corrected chi connectivity index (χ3v) is 9.92. The van der Waals surface area contributed by atoms with Crippen LogP contribution in [-0.4, -0.2) is 91.0 Å². The van der Waals surface area contributed by atoms with Gasteiger partial charge in [0.05, 0.1) is 0 Å². The van der Waals surface area contributed by atoms with Gasteiger partial charge in [-0.2, -0.15) is 4.31 Å². The van der Waals surface area contributed by atoms with Gasteiger partial charge < -0.3 is 10.2 Å². The van der Waals surface area contributed by atoms with Crippen LogP contribution in [0.4, 0.5) is 4.53 Å². The molecular formula is C30H36FN5O5S. The second kappa shape index (κ2) is 11.9. The number of nitrogens with zero attached hydrogens (tertiary/aromatic N) is 4. The molecule has 1 N–H and O–H groups in total. The van der Waals surface area contributed by atoms with E-state index < -0.39 is 15.6 Å². The van der Waals surface area contributed by atoms with Gasteiger partial charge in [-0.1, -0.05) is 18.2 Å². The molecule has 0 radical (unpaired) electrons. The van der Waals surface area contributed by atoms with E-state index in [9.17, 15) is 22.5 Å². The Morgan fingerprint density at radius 2 is 1.79 bits per heavy atom. The monoisotopic (exact) mass is 597 g/mol. The number of hydrogen-bond acceptors (Lipinski definition) is 7. The normalized spacial score (nSPS) is 19.9. The summed E-state index contributed by atoms with van der Waals surface area (Å²) in [4.78, 5) is 38.5. The van der Waals surface area contributed by atoms with Crippen LogP contribution in [0, 0.1) is 6.92 Å². The van der Waals surface area contributed by atoms with E-state index in [4.69, 9.17) is 0 Å². The van der Waals surface area contributed by atoms with Crippen LogP contribution in [0.2, 0.25) is 0 Å². The molecule has 1 spiro atoms. The highest BCUT2D eigenvalue weighted by molar-refractivity contribution is 7.92. The number of piperazine rings is 1. The number of aryl methyl sites for hydroxylation is 1. The maximum absolute atomic E-state index is 13.2. The number of nitrogens with one attached hydrogen (secondary N) is 1. The third kappa shape index (κ3) is 6.11. The van der Waals surface area contributed by atoms with E-state index in [1.165, 1.54) is 21.8 Å². The van der Waals surface area contributed by atoms with E-state index in [1.807, 2.05) is 11.8 Å². The molecule has 42 heavy (non-hydrogen) atoms. The summed E-state index contributed by atoms with van der Waals surface area (Å²) in [5.41, 5.74) is 1.53. The first kappa shape index (κ1) is 29.9. The number of piperidine rings is 1. The number of carbonyl (C=O) groups is 2. The number of amidine groups is 1. The summed E-state index contributed by atoms with van der Waals surface area (Å²) in [6, 6.07) is 11.9. The molecular weight excluding hydrogens is 561 g/mol. The van der Waals surface area contributed by atoms with Crippen molar-refractivity contribution in [1.82, 2.24) is 19.4 Å². The quantitative estimate of drug-likeness (QED) is 0.525. The lowest BCUT2D eigenvalue weighted by molar-refractivity contribution is -0.124. The van der Waals surface area contributed by atoms with Gasteiger partial charge in [-0.15, -0.1) is 0 Å². The van der Waals surface area contributed by atoms with Crippen LogP contribution in [0.1, 0.15) is 53.7 Å². The first-order chi connectivity index (χ1) is 20.0. The molecule has 12 heteroatoms. The number of hydrogen-bond donors (Lipinski definition) is 1. The number of amides is 2. The molecule has 2 aromatic rings. The predicted molar refractivity (Wildman–Crippen MR) is 158 cm³/mol. The van der Waals surface area contributed by atoms with Crippen molar-refractivity contribution in [1.29, 1.82) is 0 Å². The van der Waals surface area contributed by atoms with Gasteiger partial charge in [0.1, 0.15) is 11.4 Å². The molecule has 0 saturated carbocycles. The highest BCUT2D eigenvalue weighted by Crippen LogP contribution is 2.33. The minimum Gasteiger partial charge on any atom is -0.336 e. The summed E-state index contributed by atoms with van der Waals surface area (Å²) in [7, 11) is -3.76. The SMILES string of the molecule is Cc1cc(C(=O)N2CCN(C(C)C)CC2)ccc1/C=C/S(=O)(=O)N1CCC2(CC1)N=C(c1cccc(OF)c1)NC2=O. The molecule has 0 aromatic heterocycles. The minimum atomic E-state index is -3.76. The number of aliphatic imine (C=N–C) groups is 1. The van der Waals surface area contributed by atoms with Crippen molar-refractivity contribution in [3.63, 3.8) is 0 Å². The zero-order chi connectivity index (χ0) is 30.1. The van der Waals surface area contributed by atoms with Gasteiger partial charge in [0, 0.05) is 66.4 Å². The average Bonchev–Trinajstić information content (AvgIpc) is 3.31. The van der Waals surface area contributed by atoms with Gasteiger partial charge in [0.2, 0.25) is 10.0 Å². The molecule has 3 aliphatic heterocycles. The second-order valence-electron chi connectivity index (χ2n) is 11.3. The Morgan fingerprint density at radius 1 is 1.07 bits per heavy atom. The van der Waals surface area contributed by atoms with E-state index >= 15 is 0 Å². The van der Waals surface area contributed by atoms with Crippen molar-refractivity contribution in [3.05, 3.63) is 70.1 Å². The smallest absolute Gasteiger partial charge is 0.253 e. The summed E-state index contributed by atoms with van der Waals surface area (Å²) in [5.74, 6) is -0.0131. The Hall–Kier alpha value is -3.61. The van der Waals surface area contributed by atoms with Crippen molar-refractivity contribution < 1.29 is 27.5 Å². The van der Waals surface area contributed by atoms with Crippen LogP contribution in [0.5, 0.6) is 5.75 Å². The van der Waals surface area contributed by atoms with Crippen LogP contribution < -0.4 is 10.3 Å². The van der Waals surface area contributed by atoms with Crippen molar-refractivity contribution in [3.8, 4) is 5.75 Å². The molecule has 10 nitrogen and oxygen atoms in total. The molecule has 0 bridgehead atoms. The van der Waals surface area contributed by atoms with Crippen LogP contribution in [0.25, 0.3) is 6.08 Å². The van der Waals surface area contributed by atoms with Crippen molar-refractivity contribution in [2.75, 3.05) is 39.3 Å². The first-order valence-corrected chi connectivity index (χ1v) is 15.6. The van der Waals surface area contributed by atoms with Crippen LogP contribution >= 0.6 is 0 Å². The van der Waals surface area contributed by atoms with Gasteiger partial charge in [-0.3, -0.25) is 24.4 Å². The van der Waals surface area contributed by atoms with Crippen LogP contribution in [-0.2, 0) is 14.8 Å². The average molecular weight is 598 g/mol. The number of rotatable bonds is 7. The minimum absolute atomic E-state index is 0.00488. The maximum atomic E-state index is 13.2. The van der Waals surface area contributed by atoms with Crippen LogP contribution in [0.15, 0.2) is 52.9 Å². The second-order valence-corrected chi connectivity index (χ2v) is 13.1. The summed E-state index contributed by atoms with van der Waals surface area (Å²) in [6.45, 7) is 9.48. The fraction of sp³-hybridized carbons (Fsp3) is 0.433. The Balaban J connectivity index is 1.21. The first-order valence-electron chi connectivity index (χ1n) is 14.1. The van der Waals surface area contributed by atoms with E-state index in [-0.39, 0.29) is 43.5 Å². The summed E-state index contributed by atoms with van der Waals surface area (Å²) in [5, 5.41) is 3.92. The number of halogens is 1. The van der Waals surface area contributed by atoms with Gasteiger partial charge in [-0.05, 0) is 75.1 Å². The Bertz CT molecular complexity index is 1520. The van der Waals surface area contributed by atoms with Gasteiger partial charge in [-0.25, -0.2) is 8.42 Å². The largest absolute Gasteiger partial charge is 0.336 e. The molecule has 2 aromatic carbocycles. The maximum Gasteiger partial charge on any atom is 0.253 e. The molecule has 3 aliphatic rings. The third-order valence-electron chi connectivity index (χ3n) is 8.35. The fourth-order valence-electron chi connectivity index (χ4n) is 5.66. The fourth-order valence-corrected chi connectivity index (χ4v) is 6.84. The lowest BCUT2D eigenvalue weighted by Gasteiger charge is -2.37. The lowest BCUT2D eigenvalue weighted by atomic mass is 9.89. The molecule has 0 unspecified atom stereocenters. The van der Waals surface area contributed by atoms with Gasteiger partial charge >= 0.3 is 0 Å². The summed E-state index contributed by atoms with van der Waals surface area (Å²) >= 11 is 0. The number of sulfonamides is 1. The standard InChI is InChI=1S/C30H36FN5O5S/c1-21(2)34-14-16-35(17-15-34)28(37)25-8-7-23(22(3)19-25)9-18-42(39,40)36-12-10-30(11-13-36)29(38)32-27(33-30)24-5-4-6-26(20-24)41-31/h4-9,18-21H,10-17H2,1-3H3,(H,32,33,38)/b18-9+. The van der Waals surface area contributed by atoms with Crippen molar-refractivity contribution >= 4 is 33.7 Å². The lowest BCUT2D eigenvalue weighted by Crippen LogP contribution is -2.50. The van der Waals surface area contributed by atoms with Crippen molar-refractivity contribution in [2.24, 2.45) is 4.99 Å². The van der Waals surface area contributed by atoms with E-state index in [1.54, 1.807) is 36.4 Å². The number of carbonyl (C=O) groups excluding carboxylic acids is 2. The highest BCUT2D eigenvalue weighted by Gasteiger charge is 2.47. The predicted octanol–water partition coefficient (Wildman–Crippen LogP) is 3.14. The van der Waals surface area contributed by atoms with E-state index in [2.05, 4.69) is 34.0 Å². The molecule has 3 heterocycles. The molecule has 5 rings (SSSR count). The van der Waals surface area contributed by atoms with E-state index in [0.29, 0.717) is 41.7 Å². The molecule has 2 saturated heterocycles. The molecule has 2 fully saturated rings. The topological polar surface area (TPSA) is 112 Å². The Labute approximate surface area is 245 Å². The van der Waals surface area contributed by atoms with Crippen LogP contribution in [0.3, 0.4) is 0 Å². The Kier molecular flexibility index (Phi) is 8.49.